The summed E-state index contributed by atoms with van der Waals surface area (Å²) in [6.45, 7) is 0.242. The van der Waals surface area contributed by atoms with E-state index in [-0.39, 0.29) is 18.0 Å². The van der Waals surface area contributed by atoms with Gasteiger partial charge in [0, 0.05) is 35.5 Å². The number of halogens is 2. The van der Waals surface area contributed by atoms with E-state index in [0.29, 0.717) is 16.3 Å². The van der Waals surface area contributed by atoms with Crippen LogP contribution in [0.3, 0.4) is 0 Å². The van der Waals surface area contributed by atoms with Crippen LogP contribution in [0.1, 0.15) is 5.56 Å². The first-order valence-corrected chi connectivity index (χ1v) is 6.39. The van der Waals surface area contributed by atoms with Crippen molar-refractivity contribution in [3.63, 3.8) is 0 Å². The number of rotatable bonds is 5. The lowest BCUT2D eigenvalue weighted by molar-refractivity contribution is -0.384. The molecule has 0 aliphatic carbocycles. The first-order chi connectivity index (χ1) is 10.0. The maximum atomic E-state index is 13.5. The van der Waals surface area contributed by atoms with Crippen LogP contribution in [0.4, 0.5) is 15.8 Å². The number of nitrogens with zero attached hydrogens (tertiary/aromatic N) is 1. The topological polar surface area (TPSA) is 64.4 Å². The van der Waals surface area contributed by atoms with Crippen LogP contribution in [0.2, 0.25) is 5.02 Å². The summed E-state index contributed by atoms with van der Waals surface area (Å²) in [6.07, 6.45) is 0. The molecule has 2 aromatic rings. The minimum Gasteiger partial charge on any atom is -0.494 e. The Labute approximate surface area is 125 Å². The Kier molecular flexibility index (Phi) is 4.59. The molecule has 0 amide bonds. The summed E-state index contributed by atoms with van der Waals surface area (Å²) in [7, 11) is 1.38. The van der Waals surface area contributed by atoms with Crippen LogP contribution in [0.15, 0.2) is 36.4 Å². The van der Waals surface area contributed by atoms with Gasteiger partial charge in [-0.25, -0.2) is 4.39 Å². The van der Waals surface area contributed by atoms with Crippen LogP contribution >= 0.6 is 11.6 Å². The molecule has 1 N–H and O–H groups in total. The smallest absolute Gasteiger partial charge is 0.269 e. The van der Waals surface area contributed by atoms with Crippen molar-refractivity contribution in [3.05, 3.63) is 62.9 Å². The molecule has 21 heavy (non-hydrogen) atoms. The Balaban J connectivity index is 2.14. The standard InChI is InChI=1S/C14H12ClFN2O3/c1-21-14-5-2-10(7-13(14)16)17-8-9-6-11(18(19)20)3-4-12(9)15/h2-7,17H,8H2,1H3. The first-order valence-electron chi connectivity index (χ1n) is 6.01. The molecule has 2 aromatic carbocycles. The van der Waals surface area contributed by atoms with Gasteiger partial charge in [0.25, 0.3) is 5.69 Å². The Morgan fingerprint density at radius 3 is 2.71 bits per heavy atom. The number of nitro groups is 1. The van der Waals surface area contributed by atoms with Gasteiger partial charge in [-0.15, -0.1) is 0 Å². The molecule has 7 heteroatoms. The quantitative estimate of drug-likeness (QED) is 0.669. The molecule has 0 aromatic heterocycles. The molecule has 0 aliphatic heterocycles. The second-order valence-electron chi connectivity index (χ2n) is 4.24. The van der Waals surface area contributed by atoms with E-state index in [1.165, 1.54) is 37.4 Å². The highest BCUT2D eigenvalue weighted by Gasteiger charge is 2.10. The Morgan fingerprint density at radius 2 is 2.10 bits per heavy atom. The van der Waals surface area contributed by atoms with Crippen LogP contribution < -0.4 is 10.1 Å². The molecule has 0 aliphatic rings. The van der Waals surface area contributed by atoms with Crippen molar-refractivity contribution in [2.24, 2.45) is 0 Å². The van der Waals surface area contributed by atoms with E-state index in [0.717, 1.165) is 0 Å². The zero-order valence-electron chi connectivity index (χ0n) is 11.1. The normalized spacial score (nSPS) is 10.2. The van der Waals surface area contributed by atoms with E-state index in [2.05, 4.69) is 5.32 Å². The molecule has 0 spiro atoms. The largest absolute Gasteiger partial charge is 0.494 e. The molecule has 110 valence electrons. The number of anilines is 1. The van der Waals surface area contributed by atoms with Gasteiger partial charge in [-0.2, -0.15) is 0 Å². The van der Waals surface area contributed by atoms with Gasteiger partial charge in [-0.3, -0.25) is 10.1 Å². The number of methoxy groups -OCH3 is 1. The number of ether oxygens (including phenoxy) is 1. The lowest BCUT2D eigenvalue weighted by Crippen LogP contribution is -2.02. The van der Waals surface area contributed by atoms with Crippen molar-refractivity contribution in [1.29, 1.82) is 0 Å². The van der Waals surface area contributed by atoms with Crippen molar-refractivity contribution >= 4 is 23.0 Å². The fourth-order valence-corrected chi connectivity index (χ4v) is 1.97. The van der Waals surface area contributed by atoms with E-state index in [9.17, 15) is 14.5 Å². The average molecular weight is 311 g/mol. The zero-order valence-corrected chi connectivity index (χ0v) is 11.9. The van der Waals surface area contributed by atoms with E-state index < -0.39 is 10.7 Å². The van der Waals surface area contributed by atoms with Gasteiger partial charge in [0.15, 0.2) is 11.6 Å². The molecule has 2 rings (SSSR count). The number of nitrogens with one attached hydrogen (secondary N) is 1. The molecule has 5 nitrogen and oxygen atoms in total. The number of non-ortho nitro benzene ring substituents is 1. The predicted molar refractivity (Wildman–Crippen MR) is 78.4 cm³/mol. The van der Waals surface area contributed by atoms with Crippen molar-refractivity contribution in [2.45, 2.75) is 6.54 Å². The molecule has 0 atom stereocenters. The molecule has 0 heterocycles. The first kappa shape index (κ1) is 15.1. The second kappa shape index (κ2) is 6.41. The summed E-state index contributed by atoms with van der Waals surface area (Å²) in [5, 5.41) is 14.1. The fraction of sp³-hybridized carbons (Fsp3) is 0.143. The summed E-state index contributed by atoms with van der Waals surface area (Å²) in [5.41, 5.74) is 1.04. The molecule has 0 saturated carbocycles. The van der Waals surface area contributed by atoms with Gasteiger partial charge < -0.3 is 10.1 Å². The summed E-state index contributed by atoms with van der Waals surface area (Å²) in [4.78, 5) is 10.2. The molecular formula is C14H12ClFN2O3. The molecule has 0 bridgehead atoms. The maximum absolute atomic E-state index is 13.5. The van der Waals surface area contributed by atoms with E-state index in [4.69, 9.17) is 16.3 Å². The third-order valence-corrected chi connectivity index (χ3v) is 3.24. The van der Waals surface area contributed by atoms with Crippen LogP contribution in [0, 0.1) is 15.9 Å². The molecular weight excluding hydrogens is 299 g/mol. The minimum atomic E-state index is -0.493. The Bertz CT molecular complexity index is 679. The van der Waals surface area contributed by atoms with Gasteiger partial charge in [0.2, 0.25) is 0 Å². The minimum absolute atomic E-state index is 0.0443. The van der Waals surface area contributed by atoms with Crippen molar-refractivity contribution in [2.75, 3.05) is 12.4 Å². The number of hydrogen-bond acceptors (Lipinski definition) is 4. The van der Waals surface area contributed by atoms with Gasteiger partial charge >= 0.3 is 0 Å². The van der Waals surface area contributed by atoms with E-state index in [1.54, 1.807) is 6.07 Å². The SMILES string of the molecule is COc1ccc(NCc2cc([N+](=O)[O-])ccc2Cl)cc1F. The second-order valence-corrected chi connectivity index (χ2v) is 4.64. The Hall–Kier alpha value is -2.34. The highest BCUT2D eigenvalue weighted by atomic mass is 35.5. The lowest BCUT2D eigenvalue weighted by atomic mass is 10.2. The summed E-state index contributed by atoms with van der Waals surface area (Å²) < 4.78 is 18.4. The molecule has 0 fully saturated rings. The predicted octanol–water partition coefficient (Wildman–Crippen LogP) is 4.01. The third kappa shape index (κ3) is 3.61. The van der Waals surface area contributed by atoms with Crippen LogP contribution in [-0.4, -0.2) is 12.0 Å². The monoisotopic (exact) mass is 310 g/mol. The highest BCUT2D eigenvalue weighted by Crippen LogP contribution is 2.24. The van der Waals surface area contributed by atoms with Gasteiger partial charge in [0.05, 0.1) is 12.0 Å². The van der Waals surface area contributed by atoms with E-state index >= 15 is 0 Å². The van der Waals surface area contributed by atoms with Crippen molar-refractivity contribution < 1.29 is 14.1 Å². The average Bonchev–Trinajstić information content (AvgIpc) is 2.46. The number of hydrogen-bond donors (Lipinski definition) is 1. The van der Waals surface area contributed by atoms with Crippen LogP contribution in [0.25, 0.3) is 0 Å². The Morgan fingerprint density at radius 1 is 1.33 bits per heavy atom. The van der Waals surface area contributed by atoms with E-state index in [1.807, 2.05) is 0 Å². The highest BCUT2D eigenvalue weighted by molar-refractivity contribution is 6.31. The van der Waals surface area contributed by atoms with Crippen LogP contribution in [0.5, 0.6) is 5.75 Å². The van der Waals surface area contributed by atoms with Crippen molar-refractivity contribution in [3.8, 4) is 5.75 Å². The maximum Gasteiger partial charge on any atom is 0.269 e. The van der Waals surface area contributed by atoms with Gasteiger partial charge in [0.1, 0.15) is 0 Å². The fourth-order valence-electron chi connectivity index (χ4n) is 1.78. The van der Waals surface area contributed by atoms with Gasteiger partial charge in [-0.05, 0) is 23.8 Å². The van der Waals surface area contributed by atoms with Crippen molar-refractivity contribution in [1.82, 2.24) is 0 Å². The molecule has 0 radical (unpaired) electrons. The summed E-state index contributed by atoms with van der Waals surface area (Å²) in [6, 6.07) is 8.60. The zero-order chi connectivity index (χ0) is 15.4. The number of benzene rings is 2. The third-order valence-electron chi connectivity index (χ3n) is 2.87. The molecule has 0 unspecified atom stereocenters. The number of nitro benzene ring substituents is 1. The lowest BCUT2D eigenvalue weighted by Gasteiger charge is -2.09. The van der Waals surface area contributed by atoms with Gasteiger partial charge in [-0.1, -0.05) is 11.6 Å². The molecule has 0 saturated heterocycles. The summed E-state index contributed by atoms with van der Waals surface area (Å²) >= 11 is 5.99. The summed E-state index contributed by atoms with van der Waals surface area (Å²) in [5.74, 6) is -0.346. The van der Waals surface area contributed by atoms with Crippen LogP contribution in [-0.2, 0) is 6.54 Å².